The summed E-state index contributed by atoms with van der Waals surface area (Å²) in [6, 6.07) is 4.41. The zero-order valence-corrected chi connectivity index (χ0v) is 11.4. The molecule has 1 N–H and O–H groups in total. The first-order valence-corrected chi connectivity index (χ1v) is 6.28. The van der Waals surface area contributed by atoms with Crippen LogP contribution in [0.3, 0.4) is 0 Å². The first-order chi connectivity index (χ1) is 8.59. The largest absolute Gasteiger partial charge is 0.378 e. The minimum absolute atomic E-state index is 0.387. The van der Waals surface area contributed by atoms with Crippen molar-refractivity contribution in [3.63, 3.8) is 0 Å². The molecule has 2 rings (SSSR count). The van der Waals surface area contributed by atoms with Crippen LogP contribution in [0.15, 0.2) is 24.5 Å². The SMILES string of the molecule is Cc1nn(C(C)C)c(C)c1NCc1cccnc1. The van der Waals surface area contributed by atoms with Gasteiger partial charge in [0.25, 0.3) is 0 Å². The van der Waals surface area contributed by atoms with Crippen LogP contribution < -0.4 is 5.32 Å². The number of nitrogens with zero attached hydrogens (tertiary/aromatic N) is 3. The molecule has 18 heavy (non-hydrogen) atoms. The van der Waals surface area contributed by atoms with Gasteiger partial charge in [-0.2, -0.15) is 5.10 Å². The topological polar surface area (TPSA) is 42.7 Å². The molecule has 0 aliphatic carbocycles. The second-order valence-corrected chi connectivity index (χ2v) is 4.80. The number of hydrogen-bond donors (Lipinski definition) is 1. The lowest BCUT2D eigenvalue weighted by Gasteiger charge is -2.10. The van der Waals surface area contributed by atoms with E-state index in [9.17, 15) is 0 Å². The molecule has 4 nitrogen and oxygen atoms in total. The average molecular weight is 244 g/mol. The molecular weight excluding hydrogens is 224 g/mol. The Balaban J connectivity index is 2.15. The molecule has 0 saturated heterocycles. The highest BCUT2D eigenvalue weighted by molar-refractivity contribution is 5.52. The minimum Gasteiger partial charge on any atom is -0.378 e. The highest BCUT2D eigenvalue weighted by Gasteiger charge is 2.12. The molecule has 2 heterocycles. The fourth-order valence-corrected chi connectivity index (χ4v) is 2.11. The Morgan fingerprint density at radius 1 is 1.33 bits per heavy atom. The van der Waals surface area contributed by atoms with Crippen LogP contribution in [0.5, 0.6) is 0 Å². The van der Waals surface area contributed by atoms with E-state index in [4.69, 9.17) is 0 Å². The summed E-state index contributed by atoms with van der Waals surface area (Å²) in [6.45, 7) is 9.21. The van der Waals surface area contributed by atoms with E-state index in [1.54, 1.807) is 6.20 Å². The maximum absolute atomic E-state index is 4.56. The molecular formula is C14H20N4. The molecule has 0 aromatic carbocycles. The number of nitrogens with one attached hydrogen (secondary N) is 1. The van der Waals surface area contributed by atoms with Crippen LogP contribution in [0.1, 0.15) is 36.8 Å². The third-order valence-corrected chi connectivity index (χ3v) is 3.01. The monoisotopic (exact) mass is 244 g/mol. The van der Waals surface area contributed by atoms with E-state index in [-0.39, 0.29) is 0 Å². The Hall–Kier alpha value is -1.84. The van der Waals surface area contributed by atoms with E-state index in [0.29, 0.717) is 6.04 Å². The molecule has 4 heteroatoms. The van der Waals surface area contributed by atoms with Crippen LogP contribution in [0.25, 0.3) is 0 Å². The lowest BCUT2D eigenvalue weighted by atomic mass is 10.2. The van der Waals surface area contributed by atoms with Gasteiger partial charge >= 0.3 is 0 Å². The van der Waals surface area contributed by atoms with Crippen molar-refractivity contribution < 1.29 is 0 Å². The van der Waals surface area contributed by atoms with E-state index in [1.165, 1.54) is 11.3 Å². The van der Waals surface area contributed by atoms with Crippen molar-refractivity contribution in [3.8, 4) is 0 Å². The highest BCUT2D eigenvalue weighted by atomic mass is 15.3. The molecule has 0 aliphatic heterocycles. The lowest BCUT2D eigenvalue weighted by molar-refractivity contribution is 0.516. The summed E-state index contributed by atoms with van der Waals surface area (Å²) in [5.41, 5.74) is 4.54. The predicted molar refractivity (Wildman–Crippen MR) is 73.6 cm³/mol. The second kappa shape index (κ2) is 5.21. The Morgan fingerprint density at radius 2 is 2.11 bits per heavy atom. The molecule has 96 valence electrons. The summed E-state index contributed by atoms with van der Waals surface area (Å²) in [7, 11) is 0. The van der Waals surface area contributed by atoms with Gasteiger partial charge in [0.2, 0.25) is 0 Å². The molecule has 0 aliphatic rings. The van der Waals surface area contributed by atoms with Gasteiger partial charge in [0.15, 0.2) is 0 Å². The maximum Gasteiger partial charge on any atom is 0.0828 e. The average Bonchev–Trinajstić information content (AvgIpc) is 2.64. The molecule has 0 bridgehead atoms. The molecule has 2 aromatic heterocycles. The Kier molecular flexibility index (Phi) is 3.65. The number of anilines is 1. The Labute approximate surface area is 108 Å². The van der Waals surface area contributed by atoms with Crippen molar-refractivity contribution >= 4 is 5.69 Å². The number of hydrogen-bond acceptors (Lipinski definition) is 3. The normalized spacial score (nSPS) is 10.9. The van der Waals surface area contributed by atoms with Crippen molar-refractivity contribution in [2.24, 2.45) is 0 Å². The van der Waals surface area contributed by atoms with Gasteiger partial charge in [-0.05, 0) is 39.3 Å². The summed E-state index contributed by atoms with van der Waals surface area (Å²) in [6.07, 6.45) is 3.67. The third-order valence-electron chi connectivity index (χ3n) is 3.01. The van der Waals surface area contributed by atoms with Gasteiger partial charge in [0, 0.05) is 25.0 Å². The Bertz CT molecular complexity index is 514. The van der Waals surface area contributed by atoms with Crippen LogP contribution in [0.4, 0.5) is 5.69 Å². The molecule has 0 amide bonds. The maximum atomic E-state index is 4.56. The number of rotatable bonds is 4. The quantitative estimate of drug-likeness (QED) is 0.898. The molecule has 0 unspecified atom stereocenters. The zero-order chi connectivity index (χ0) is 13.1. The summed E-state index contributed by atoms with van der Waals surface area (Å²) in [4.78, 5) is 4.11. The molecule has 0 spiro atoms. The van der Waals surface area contributed by atoms with Crippen molar-refractivity contribution in [2.75, 3.05) is 5.32 Å². The summed E-state index contributed by atoms with van der Waals surface area (Å²) < 4.78 is 2.06. The van der Waals surface area contributed by atoms with E-state index in [0.717, 1.165) is 17.9 Å². The van der Waals surface area contributed by atoms with Crippen LogP contribution in [0, 0.1) is 13.8 Å². The van der Waals surface area contributed by atoms with Crippen LogP contribution >= 0.6 is 0 Å². The van der Waals surface area contributed by atoms with Crippen molar-refractivity contribution in [1.82, 2.24) is 14.8 Å². The Morgan fingerprint density at radius 3 is 2.67 bits per heavy atom. The van der Waals surface area contributed by atoms with Crippen LogP contribution in [-0.2, 0) is 6.54 Å². The first-order valence-electron chi connectivity index (χ1n) is 6.28. The standard InChI is InChI=1S/C14H20N4/c1-10(2)18-12(4)14(11(3)17-18)16-9-13-6-5-7-15-8-13/h5-8,10,16H,9H2,1-4H3. The van der Waals surface area contributed by atoms with Crippen molar-refractivity contribution in [2.45, 2.75) is 40.3 Å². The molecule has 0 fully saturated rings. The predicted octanol–water partition coefficient (Wildman–Crippen LogP) is 3.09. The van der Waals surface area contributed by atoms with Gasteiger partial charge < -0.3 is 5.32 Å². The van der Waals surface area contributed by atoms with Crippen molar-refractivity contribution in [3.05, 3.63) is 41.5 Å². The third kappa shape index (κ3) is 2.53. The lowest BCUT2D eigenvalue weighted by Crippen LogP contribution is -2.06. The van der Waals surface area contributed by atoms with Gasteiger partial charge in [-0.1, -0.05) is 6.07 Å². The molecule has 0 radical (unpaired) electrons. The minimum atomic E-state index is 0.387. The summed E-state index contributed by atoms with van der Waals surface area (Å²) >= 11 is 0. The van der Waals surface area contributed by atoms with Crippen LogP contribution in [-0.4, -0.2) is 14.8 Å². The summed E-state index contributed by atoms with van der Waals surface area (Å²) in [5.74, 6) is 0. The zero-order valence-electron chi connectivity index (χ0n) is 11.4. The van der Waals surface area contributed by atoms with Gasteiger partial charge in [0.05, 0.1) is 17.1 Å². The fraction of sp³-hybridized carbons (Fsp3) is 0.429. The smallest absolute Gasteiger partial charge is 0.0828 e. The van der Waals surface area contributed by atoms with E-state index < -0.39 is 0 Å². The van der Waals surface area contributed by atoms with Gasteiger partial charge in [-0.25, -0.2) is 0 Å². The van der Waals surface area contributed by atoms with E-state index >= 15 is 0 Å². The number of pyridine rings is 1. The fourth-order valence-electron chi connectivity index (χ4n) is 2.11. The molecule has 0 atom stereocenters. The van der Waals surface area contributed by atoms with E-state index in [1.807, 2.05) is 19.2 Å². The summed E-state index contributed by atoms with van der Waals surface area (Å²) in [5, 5.41) is 8.01. The number of aromatic nitrogens is 3. The molecule has 0 saturated carbocycles. The number of aryl methyl sites for hydroxylation is 1. The van der Waals surface area contributed by atoms with Gasteiger partial charge in [-0.15, -0.1) is 0 Å². The van der Waals surface area contributed by atoms with E-state index in [2.05, 4.69) is 46.9 Å². The van der Waals surface area contributed by atoms with Crippen molar-refractivity contribution in [1.29, 1.82) is 0 Å². The van der Waals surface area contributed by atoms with Gasteiger partial charge in [0.1, 0.15) is 0 Å². The second-order valence-electron chi connectivity index (χ2n) is 4.80. The molecule has 2 aromatic rings. The van der Waals surface area contributed by atoms with Gasteiger partial charge in [-0.3, -0.25) is 9.67 Å². The highest BCUT2D eigenvalue weighted by Crippen LogP contribution is 2.22. The first kappa shape index (κ1) is 12.6. The van der Waals surface area contributed by atoms with Crippen LogP contribution in [0.2, 0.25) is 0 Å².